The minimum atomic E-state index is -5.44. The van der Waals surface area contributed by atoms with Gasteiger partial charge in [-0.3, -0.25) is 4.79 Å². The van der Waals surface area contributed by atoms with Gasteiger partial charge in [-0.15, -0.1) is 22.7 Å². The number of sulfone groups is 1. The maximum atomic E-state index is 12.6. The number of halogens is 3. The predicted octanol–water partition coefficient (Wildman–Crippen LogP) is 3.91. The van der Waals surface area contributed by atoms with Crippen molar-refractivity contribution in [2.75, 3.05) is 12.4 Å². The Bertz CT molecular complexity index is 1300. The summed E-state index contributed by atoms with van der Waals surface area (Å²) in [6.45, 7) is 1.97. The summed E-state index contributed by atoms with van der Waals surface area (Å²) in [4.78, 5) is 32.1. The number of carbonyl (C=O) groups is 2. The summed E-state index contributed by atoms with van der Waals surface area (Å²) in [5.74, 6) is -0.476. The lowest BCUT2D eigenvalue weighted by Crippen LogP contribution is -2.23. The molecule has 0 unspecified atom stereocenters. The molecule has 3 aromatic rings. The number of methoxy groups -OCH3 is 1. The van der Waals surface area contributed by atoms with E-state index >= 15 is 0 Å². The van der Waals surface area contributed by atoms with Crippen LogP contribution in [0.1, 0.15) is 16.3 Å². The summed E-state index contributed by atoms with van der Waals surface area (Å²) < 4.78 is 65.2. The molecule has 34 heavy (non-hydrogen) atoms. The zero-order valence-electron chi connectivity index (χ0n) is 17.6. The molecule has 0 fully saturated rings. The smallest absolute Gasteiger partial charge is 0.453 e. The highest BCUT2D eigenvalue weighted by Crippen LogP contribution is 2.33. The maximum Gasteiger partial charge on any atom is 0.501 e. The number of aryl methyl sites for hydroxylation is 1. The third kappa shape index (κ3) is 5.90. The van der Waals surface area contributed by atoms with Gasteiger partial charge in [-0.05, 0) is 24.6 Å². The quantitative estimate of drug-likeness (QED) is 0.471. The second kappa shape index (κ2) is 10.1. The number of alkyl halides is 3. The molecule has 2 amide bonds. The molecule has 2 heterocycles. The van der Waals surface area contributed by atoms with Gasteiger partial charge >= 0.3 is 11.6 Å². The number of aromatic nitrogens is 2. The van der Waals surface area contributed by atoms with Gasteiger partial charge in [0.1, 0.15) is 5.01 Å². The van der Waals surface area contributed by atoms with E-state index in [1.54, 1.807) is 12.3 Å². The third-order valence-corrected chi connectivity index (χ3v) is 7.74. The number of nitrogens with one attached hydrogen (secondary N) is 2. The van der Waals surface area contributed by atoms with Crippen LogP contribution in [-0.4, -0.2) is 43.0 Å². The van der Waals surface area contributed by atoms with Crippen LogP contribution in [0.2, 0.25) is 0 Å². The number of amides is 2. The predicted molar refractivity (Wildman–Crippen MR) is 119 cm³/mol. The van der Waals surface area contributed by atoms with E-state index in [4.69, 9.17) is 0 Å². The molecule has 1 aromatic carbocycles. The Morgan fingerprint density at radius 3 is 2.44 bits per heavy atom. The van der Waals surface area contributed by atoms with Crippen molar-refractivity contribution in [2.45, 2.75) is 30.3 Å². The number of benzene rings is 1. The average Bonchev–Trinajstić information content (AvgIpc) is 3.37. The van der Waals surface area contributed by atoms with Crippen LogP contribution in [0.15, 0.2) is 34.5 Å². The number of hydrogen-bond donors (Lipinski definition) is 2. The lowest BCUT2D eigenvalue weighted by Gasteiger charge is -2.08. The van der Waals surface area contributed by atoms with Gasteiger partial charge < -0.3 is 15.4 Å². The van der Waals surface area contributed by atoms with Gasteiger partial charge in [-0.1, -0.05) is 12.1 Å². The Morgan fingerprint density at radius 1 is 1.15 bits per heavy atom. The van der Waals surface area contributed by atoms with Gasteiger partial charge in [-0.2, -0.15) is 13.2 Å². The second-order valence-electron chi connectivity index (χ2n) is 6.72. The summed E-state index contributed by atoms with van der Waals surface area (Å²) in [5, 5.41) is 7.82. The van der Waals surface area contributed by atoms with Crippen molar-refractivity contribution in [2.24, 2.45) is 0 Å². The monoisotopic (exact) mass is 534 g/mol. The highest BCUT2D eigenvalue weighted by atomic mass is 32.2. The van der Waals surface area contributed by atoms with Gasteiger partial charge in [0.05, 0.1) is 41.2 Å². The Hall–Kier alpha value is -3.04. The van der Waals surface area contributed by atoms with E-state index in [0.717, 1.165) is 29.1 Å². The molecule has 0 bridgehead atoms. The molecule has 2 aromatic heterocycles. The van der Waals surface area contributed by atoms with Crippen LogP contribution in [0.25, 0.3) is 10.6 Å². The van der Waals surface area contributed by atoms with E-state index in [0.29, 0.717) is 27.1 Å². The molecule has 3 rings (SSSR count). The Kier molecular flexibility index (Phi) is 7.57. The molecule has 0 spiro atoms. The topological polar surface area (TPSA) is 127 Å². The minimum absolute atomic E-state index is 0.189. The largest absolute Gasteiger partial charge is 0.501 e. The van der Waals surface area contributed by atoms with Gasteiger partial charge in [0, 0.05) is 5.38 Å². The maximum absolute atomic E-state index is 12.6. The molecule has 9 nitrogen and oxygen atoms in total. The van der Waals surface area contributed by atoms with E-state index in [1.165, 1.54) is 29.8 Å². The Labute approximate surface area is 199 Å². The summed E-state index contributed by atoms with van der Waals surface area (Å²) >= 11 is 2.50. The fourth-order valence-electron chi connectivity index (χ4n) is 2.69. The van der Waals surface area contributed by atoms with E-state index in [1.807, 2.05) is 0 Å². The highest BCUT2D eigenvalue weighted by Gasteiger charge is 2.46. The molecule has 0 aliphatic carbocycles. The normalized spacial score (nSPS) is 11.8. The molecule has 0 aliphatic rings. The molecule has 0 saturated heterocycles. The first-order chi connectivity index (χ1) is 15.9. The highest BCUT2D eigenvalue weighted by molar-refractivity contribution is 7.92. The molecule has 0 saturated carbocycles. The van der Waals surface area contributed by atoms with Crippen molar-refractivity contribution < 1.29 is 35.9 Å². The fourth-order valence-corrected chi connectivity index (χ4v) is 5.21. The molecule has 0 atom stereocenters. The SMILES string of the molecule is COC(=O)NCc1nc(C)c(-c2csc(NC(=O)Cc3ccc(S(=O)(=O)C(F)(F)F)cc3)n2)s1. The van der Waals surface area contributed by atoms with Gasteiger partial charge in [-0.25, -0.2) is 23.2 Å². The number of nitrogens with zero attached hydrogens (tertiary/aromatic N) is 2. The first kappa shape index (κ1) is 25.6. The third-order valence-electron chi connectivity index (χ3n) is 4.30. The van der Waals surface area contributed by atoms with Crippen molar-refractivity contribution in [3.8, 4) is 10.6 Å². The molecule has 0 radical (unpaired) electrons. The van der Waals surface area contributed by atoms with Crippen LogP contribution < -0.4 is 10.6 Å². The summed E-state index contributed by atoms with van der Waals surface area (Å²) in [6.07, 6.45) is -0.769. The standard InChI is InChI=1S/C19H17F3N4O5S3/c1-10-16(33-15(24-10)8-23-18(28)31-2)13-9-32-17(25-13)26-14(27)7-11-3-5-12(6-4-11)34(29,30)19(20,21)22/h3-6,9H,7-8H2,1-2H3,(H,23,28)(H,25,26,27). The number of anilines is 1. The Balaban J connectivity index is 1.63. The minimum Gasteiger partial charge on any atom is -0.453 e. The van der Waals surface area contributed by atoms with Crippen molar-refractivity contribution in [3.05, 3.63) is 45.9 Å². The van der Waals surface area contributed by atoms with Crippen LogP contribution in [0, 0.1) is 6.92 Å². The number of thiazole rings is 2. The lowest BCUT2D eigenvalue weighted by atomic mass is 10.1. The number of rotatable bonds is 7. The average molecular weight is 535 g/mol. The summed E-state index contributed by atoms with van der Waals surface area (Å²) in [5.41, 5.74) is -3.79. The summed E-state index contributed by atoms with van der Waals surface area (Å²) in [7, 11) is -4.19. The molecule has 15 heteroatoms. The first-order valence-electron chi connectivity index (χ1n) is 9.35. The van der Waals surface area contributed by atoms with Gasteiger partial charge in [0.2, 0.25) is 5.91 Å². The molecule has 2 N–H and O–H groups in total. The molecular formula is C19H17F3N4O5S3. The number of carbonyl (C=O) groups excluding carboxylic acids is 2. The lowest BCUT2D eigenvalue weighted by molar-refractivity contribution is -0.115. The first-order valence-corrected chi connectivity index (χ1v) is 12.5. The van der Waals surface area contributed by atoms with E-state index in [2.05, 4.69) is 25.3 Å². The van der Waals surface area contributed by atoms with E-state index < -0.39 is 32.2 Å². The molecular weight excluding hydrogens is 517 g/mol. The zero-order valence-corrected chi connectivity index (χ0v) is 20.0. The fraction of sp³-hybridized carbons (Fsp3) is 0.263. The van der Waals surface area contributed by atoms with E-state index in [9.17, 15) is 31.2 Å². The second-order valence-corrected chi connectivity index (χ2v) is 10.6. The summed E-state index contributed by atoms with van der Waals surface area (Å²) in [6, 6.07) is 3.92. The van der Waals surface area contributed by atoms with Crippen LogP contribution in [0.4, 0.5) is 23.1 Å². The van der Waals surface area contributed by atoms with Crippen molar-refractivity contribution >= 4 is 49.6 Å². The molecule has 0 aliphatic heterocycles. The van der Waals surface area contributed by atoms with Crippen LogP contribution in [0.5, 0.6) is 0 Å². The zero-order chi connectivity index (χ0) is 25.1. The van der Waals surface area contributed by atoms with Gasteiger partial charge in [0.25, 0.3) is 9.84 Å². The number of alkyl carbamates (subject to hydrolysis) is 1. The number of hydrogen-bond acceptors (Lipinski definition) is 9. The van der Waals surface area contributed by atoms with Crippen molar-refractivity contribution in [1.29, 1.82) is 0 Å². The van der Waals surface area contributed by atoms with Crippen LogP contribution in [0.3, 0.4) is 0 Å². The molecule has 182 valence electrons. The van der Waals surface area contributed by atoms with Crippen LogP contribution >= 0.6 is 22.7 Å². The van der Waals surface area contributed by atoms with E-state index in [-0.39, 0.29) is 13.0 Å². The van der Waals surface area contributed by atoms with Crippen molar-refractivity contribution in [1.82, 2.24) is 15.3 Å². The van der Waals surface area contributed by atoms with Crippen molar-refractivity contribution in [3.63, 3.8) is 0 Å². The van der Waals surface area contributed by atoms with Gasteiger partial charge in [0.15, 0.2) is 5.13 Å². The van der Waals surface area contributed by atoms with Crippen LogP contribution in [-0.2, 0) is 32.3 Å². The number of ether oxygens (including phenoxy) is 1. The Morgan fingerprint density at radius 2 is 1.82 bits per heavy atom.